The number of hydrogen-bond acceptors (Lipinski definition) is 5. The molecule has 0 radical (unpaired) electrons. The van der Waals surface area contributed by atoms with Crippen LogP contribution in [0.5, 0.6) is 0 Å². The first-order valence-corrected chi connectivity index (χ1v) is 7.20. The lowest BCUT2D eigenvalue weighted by Gasteiger charge is -2.62. The third-order valence-corrected chi connectivity index (χ3v) is 5.50. The van der Waals surface area contributed by atoms with E-state index in [1.165, 1.54) is 7.11 Å². The molecule has 7 heteroatoms. The second-order valence-corrected chi connectivity index (χ2v) is 6.26. The van der Waals surface area contributed by atoms with E-state index in [0.717, 1.165) is 0 Å². The van der Waals surface area contributed by atoms with E-state index in [9.17, 15) is 19.8 Å². The van der Waals surface area contributed by atoms with Gasteiger partial charge in [-0.25, -0.2) is 0 Å². The van der Waals surface area contributed by atoms with Crippen LogP contribution in [-0.4, -0.2) is 54.4 Å². The summed E-state index contributed by atoms with van der Waals surface area (Å²) >= 11 is 0. The maximum Gasteiger partial charge on any atom is 0.315 e. The SMILES string of the molecule is CO[C@H]1C[C@]2(C(=O)O)CC[C@@]1(C(=O)O)CC21OCCCO1. The molecule has 4 fully saturated rings. The fourth-order valence-corrected chi connectivity index (χ4v) is 4.28. The molecule has 7 nitrogen and oxygen atoms in total. The van der Waals surface area contributed by atoms with E-state index < -0.39 is 34.7 Å². The summed E-state index contributed by atoms with van der Waals surface area (Å²) < 4.78 is 16.8. The smallest absolute Gasteiger partial charge is 0.315 e. The zero-order valence-corrected chi connectivity index (χ0v) is 12.0. The lowest BCUT2D eigenvalue weighted by molar-refractivity contribution is -0.371. The molecule has 0 amide bonds. The van der Waals surface area contributed by atoms with Crippen LogP contribution in [0, 0.1) is 10.8 Å². The molecule has 118 valence electrons. The minimum absolute atomic E-state index is 0.0279. The third kappa shape index (κ3) is 1.71. The van der Waals surface area contributed by atoms with Crippen molar-refractivity contribution in [2.75, 3.05) is 20.3 Å². The van der Waals surface area contributed by atoms with Gasteiger partial charge in [-0.05, 0) is 25.7 Å². The summed E-state index contributed by atoms with van der Waals surface area (Å²) in [5, 5.41) is 19.5. The molecule has 3 saturated carbocycles. The number of carboxylic acid groups (broad SMARTS) is 2. The van der Waals surface area contributed by atoms with E-state index in [4.69, 9.17) is 14.2 Å². The Morgan fingerprint density at radius 3 is 2.33 bits per heavy atom. The largest absolute Gasteiger partial charge is 0.481 e. The monoisotopic (exact) mass is 300 g/mol. The highest BCUT2D eigenvalue weighted by molar-refractivity contribution is 5.82. The van der Waals surface area contributed by atoms with E-state index in [-0.39, 0.29) is 25.7 Å². The zero-order valence-electron chi connectivity index (χ0n) is 12.0. The van der Waals surface area contributed by atoms with Gasteiger partial charge in [-0.3, -0.25) is 9.59 Å². The summed E-state index contributed by atoms with van der Waals surface area (Å²) in [5.41, 5.74) is -2.37. The molecule has 0 aromatic heterocycles. The zero-order chi connectivity index (χ0) is 15.3. The molecule has 0 unspecified atom stereocenters. The molecule has 21 heavy (non-hydrogen) atoms. The maximum atomic E-state index is 12.0. The Morgan fingerprint density at radius 2 is 1.81 bits per heavy atom. The number of fused-ring (bicyclic) bond motifs is 2. The van der Waals surface area contributed by atoms with Crippen molar-refractivity contribution in [3.8, 4) is 0 Å². The molecule has 4 aliphatic rings. The molecule has 0 aromatic carbocycles. The first-order chi connectivity index (χ1) is 9.92. The Bertz CT molecular complexity index is 470. The number of rotatable bonds is 3. The Labute approximate surface area is 122 Å². The molecule has 3 aliphatic carbocycles. The molecule has 1 aliphatic heterocycles. The number of carbonyl (C=O) groups is 2. The molecule has 2 bridgehead atoms. The van der Waals surface area contributed by atoms with Crippen LogP contribution in [0.4, 0.5) is 0 Å². The fourth-order valence-electron chi connectivity index (χ4n) is 4.28. The molecule has 1 heterocycles. The van der Waals surface area contributed by atoms with Crippen LogP contribution in [0.15, 0.2) is 0 Å². The van der Waals surface area contributed by atoms with Gasteiger partial charge in [0.05, 0.1) is 24.7 Å². The van der Waals surface area contributed by atoms with Gasteiger partial charge in [0.1, 0.15) is 5.41 Å². The van der Waals surface area contributed by atoms with Crippen molar-refractivity contribution >= 4 is 11.9 Å². The van der Waals surface area contributed by atoms with E-state index in [1.54, 1.807) is 0 Å². The summed E-state index contributed by atoms with van der Waals surface area (Å²) in [4.78, 5) is 23.8. The topological polar surface area (TPSA) is 102 Å². The number of hydrogen-bond donors (Lipinski definition) is 2. The summed E-state index contributed by atoms with van der Waals surface area (Å²) in [6.07, 6.45) is 0.673. The average Bonchev–Trinajstić information content (AvgIpc) is 2.48. The van der Waals surface area contributed by atoms with Crippen LogP contribution in [0.3, 0.4) is 0 Å². The van der Waals surface area contributed by atoms with Gasteiger partial charge in [0.15, 0.2) is 5.79 Å². The van der Waals surface area contributed by atoms with Crippen LogP contribution in [0.25, 0.3) is 0 Å². The first-order valence-electron chi connectivity index (χ1n) is 7.20. The Morgan fingerprint density at radius 1 is 1.14 bits per heavy atom. The maximum absolute atomic E-state index is 12.0. The van der Waals surface area contributed by atoms with Crippen LogP contribution in [0.1, 0.15) is 32.1 Å². The lowest BCUT2D eigenvalue weighted by atomic mass is 9.49. The van der Waals surface area contributed by atoms with Crippen molar-refractivity contribution in [1.82, 2.24) is 0 Å². The van der Waals surface area contributed by atoms with Gasteiger partial charge < -0.3 is 24.4 Å². The van der Waals surface area contributed by atoms with Gasteiger partial charge >= 0.3 is 11.9 Å². The van der Waals surface area contributed by atoms with Gasteiger partial charge in [0.25, 0.3) is 0 Å². The average molecular weight is 300 g/mol. The summed E-state index contributed by atoms with van der Waals surface area (Å²) in [6.45, 7) is 0.782. The van der Waals surface area contributed by atoms with E-state index in [0.29, 0.717) is 19.6 Å². The normalized spacial score (nSPS) is 41.1. The Balaban J connectivity index is 2.09. The van der Waals surface area contributed by atoms with Crippen LogP contribution in [0.2, 0.25) is 0 Å². The van der Waals surface area contributed by atoms with Crippen molar-refractivity contribution in [1.29, 1.82) is 0 Å². The van der Waals surface area contributed by atoms with Crippen molar-refractivity contribution in [2.45, 2.75) is 44.0 Å². The molecule has 4 rings (SSSR count). The minimum atomic E-state index is -1.34. The third-order valence-electron chi connectivity index (χ3n) is 5.50. The number of carboxylic acids is 2. The van der Waals surface area contributed by atoms with Gasteiger partial charge in [-0.15, -0.1) is 0 Å². The van der Waals surface area contributed by atoms with Crippen molar-refractivity contribution < 1.29 is 34.0 Å². The lowest BCUT2D eigenvalue weighted by Crippen LogP contribution is -2.72. The van der Waals surface area contributed by atoms with Gasteiger partial charge in [-0.2, -0.15) is 0 Å². The van der Waals surface area contributed by atoms with E-state index >= 15 is 0 Å². The van der Waals surface area contributed by atoms with Gasteiger partial charge in [0, 0.05) is 13.5 Å². The fraction of sp³-hybridized carbons (Fsp3) is 0.857. The van der Waals surface area contributed by atoms with Crippen molar-refractivity contribution in [3.63, 3.8) is 0 Å². The molecular formula is C14H20O7. The summed E-state index contributed by atoms with van der Waals surface area (Å²) in [6, 6.07) is 0. The van der Waals surface area contributed by atoms with Crippen molar-refractivity contribution in [3.05, 3.63) is 0 Å². The van der Waals surface area contributed by atoms with Gasteiger partial charge in [0.2, 0.25) is 0 Å². The number of aliphatic carboxylic acids is 2. The predicted octanol–water partition coefficient (Wildman–Crippen LogP) is 0.864. The highest BCUT2D eigenvalue weighted by Crippen LogP contribution is 2.64. The molecule has 0 aromatic rings. The second-order valence-electron chi connectivity index (χ2n) is 6.26. The standard InChI is InChI=1S/C14H20O7/c1-19-9-7-13(11(17)18)4-3-12(9,10(15)16)8-14(13)20-5-2-6-21-14/h9H,2-8H2,1H3,(H,15,16)(H,17,18)/t9-,12+,13-/m0/s1. The molecule has 1 saturated heterocycles. The quantitative estimate of drug-likeness (QED) is 0.797. The second kappa shape index (κ2) is 4.66. The van der Waals surface area contributed by atoms with E-state index in [1.807, 2.05) is 0 Å². The highest BCUT2D eigenvalue weighted by atomic mass is 16.7. The van der Waals surface area contributed by atoms with Crippen LogP contribution in [-0.2, 0) is 23.8 Å². The number of ether oxygens (including phenoxy) is 3. The highest BCUT2D eigenvalue weighted by Gasteiger charge is 2.74. The summed E-state index contributed by atoms with van der Waals surface area (Å²) in [7, 11) is 1.43. The number of methoxy groups -OCH3 is 1. The molecule has 1 spiro atoms. The van der Waals surface area contributed by atoms with Crippen LogP contribution < -0.4 is 0 Å². The molecule has 3 atom stereocenters. The predicted molar refractivity (Wildman–Crippen MR) is 68.7 cm³/mol. The van der Waals surface area contributed by atoms with Crippen LogP contribution >= 0.6 is 0 Å². The minimum Gasteiger partial charge on any atom is -0.481 e. The Kier molecular flexibility index (Phi) is 3.27. The first kappa shape index (κ1) is 14.7. The van der Waals surface area contributed by atoms with E-state index in [2.05, 4.69) is 0 Å². The van der Waals surface area contributed by atoms with Gasteiger partial charge in [-0.1, -0.05) is 0 Å². The molecular weight excluding hydrogens is 280 g/mol. The van der Waals surface area contributed by atoms with Crippen molar-refractivity contribution in [2.24, 2.45) is 10.8 Å². The Hall–Kier alpha value is -1.18. The molecule has 2 N–H and O–H groups in total. The summed E-state index contributed by atoms with van der Waals surface area (Å²) in [5.74, 6) is -3.31.